The number of nitrogens with one attached hydrogen (secondary N) is 2. The molecule has 3 heterocycles. The second kappa shape index (κ2) is 8.12. The standard InChI is InChI=1S/C19H23ClN4O2S2/c20-16-5-3-15(4-6-16)14-22-18-19(23-10-9-21-18)7-11-24(12-8-19)28(25,26)17-2-1-13-27-17/h1-6,13,23H,7-12,14H2,(H,21,22). The van der Waals surface area contributed by atoms with E-state index in [0.717, 1.165) is 29.5 Å². The van der Waals surface area contributed by atoms with E-state index in [0.29, 0.717) is 36.7 Å². The van der Waals surface area contributed by atoms with Gasteiger partial charge in [-0.25, -0.2) is 8.42 Å². The van der Waals surface area contributed by atoms with Gasteiger partial charge in [0.05, 0.1) is 12.1 Å². The normalized spacial score (nSPS) is 20.1. The van der Waals surface area contributed by atoms with Gasteiger partial charge in [0.1, 0.15) is 10.0 Å². The van der Waals surface area contributed by atoms with Gasteiger partial charge in [-0.2, -0.15) is 4.31 Å². The fourth-order valence-electron chi connectivity index (χ4n) is 3.77. The van der Waals surface area contributed by atoms with Crippen molar-refractivity contribution < 1.29 is 8.42 Å². The van der Waals surface area contributed by atoms with Crippen molar-refractivity contribution in [3.63, 3.8) is 0 Å². The van der Waals surface area contributed by atoms with Crippen molar-refractivity contribution in [1.29, 1.82) is 0 Å². The van der Waals surface area contributed by atoms with Gasteiger partial charge in [-0.1, -0.05) is 29.8 Å². The number of benzene rings is 1. The van der Waals surface area contributed by atoms with Crippen LogP contribution < -0.4 is 10.6 Å². The minimum Gasteiger partial charge on any atom is -0.368 e. The first-order valence-corrected chi connectivity index (χ1v) is 12.0. The molecule has 0 aliphatic carbocycles. The lowest BCUT2D eigenvalue weighted by Crippen LogP contribution is -2.64. The van der Waals surface area contributed by atoms with E-state index in [1.54, 1.807) is 21.8 Å². The van der Waals surface area contributed by atoms with Gasteiger partial charge < -0.3 is 10.6 Å². The Kier molecular flexibility index (Phi) is 5.76. The van der Waals surface area contributed by atoms with Crippen LogP contribution in [0.1, 0.15) is 18.4 Å². The molecule has 28 heavy (non-hydrogen) atoms. The molecule has 2 aliphatic rings. The van der Waals surface area contributed by atoms with Crippen LogP contribution in [0.2, 0.25) is 5.02 Å². The minimum atomic E-state index is -3.40. The molecule has 4 rings (SSSR count). The molecule has 6 nitrogen and oxygen atoms in total. The lowest BCUT2D eigenvalue weighted by molar-refractivity contribution is 0.241. The summed E-state index contributed by atoms with van der Waals surface area (Å²) in [7, 11) is -3.40. The number of sulfonamides is 1. The molecule has 2 aliphatic heterocycles. The van der Waals surface area contributed by atoms with Gasteiger partial charge in [0.15, 0.2) is 0 Å². The van der Waals surface area contributed by atoms with Crippen LogP contribution in [0, 0.1) is 0 Å². The molecule has 0 atom stereocenters. The summed E-state index contributed by atoms with van der Waals surface area (Å²) in [5.74, 6) is 0.932. The van der Waals surface area contributed by atoms with E-state index in [1.165, 1.54) is 11.3 Å². The Morgan fingerprint density at radius 1 is 1.21 bits per heavy atom. The monoisotopic (exact) mass is 438 g/mol. The van der Waals surface area contributed by atoms with Gasteiger partial charge in [0.2, 0.25) is 0 Å². The first-order chi connectivity index (χ1) is 13.5. The van der Waals surface area contributed by atoms with Gasteiger partial charge >= 0.3 is 0 Å². The maximum atomic E-state index is 12.8. The van der Waals surface area contributed by atoms with E-state index in [-0.39, 0.29) is 5.54 Å². The van der Waals surface area contributed by atoms with E-state index in [2.05, 4.69) is 10.6 Å². The molecule has 0 amide bonds. The van der Waals surface area contributed by atoms with E-state index in [9.17, 15) is 8.42 Å². The van der Waals surface area contributed by atoms with Gasteiger partial charge in [-0.3, -0.25) is 4.99 Å². The van der Waals surface area contributed by atoms with Crippen molar-refractivity contribution in [2.45, 2.75) is 29.1 Å². The summed E-state index contributed by atoms with van der Waals surface area (Å²) in [4.78, 5) is 4.73. The minimum absolute atomic E-state index is 0.286. The number of halogens is 1. The summed E-state index contributed by atoms with van der Waals surface area (Å²) in [5, 5.41) is 9.60. The summed E-state index contributed by atoms with van der Waals surface area (Å²) < 4.78 is 27.6. The first-order valence-electron chi connectivity index (χ1n) is 9.32. The molecule has 2 N–H and O–H groups in total. The first kappa shape index (κ1) is 19.8. The lowest BCUT2D eigenvalue weighted by Gasteiger charge is -2.44. The SMILES string of the molecule is O=S(=O)(c1cccs1)N1CCC2(CC1)NCCN=C2NCc1ccc(Cl)cc1. The summed E-state index contributed by atoms with van der Waals surface area (Å²) in [6.07, 6.45) is 1.40. The Morgan fingerprint density at radius 3 is 2.64 bits per heavy atom. The third-order valence-corrected chi connectivity index (χ3v) is 8.86. The molecular weight excluding hydrogens is 416 g/mol. The quantitative estimate of drug-likeness (QED) is 0.769. The van der Waals surface area contributed by atoms with Crippen molar-refractivity contribution in [3.05, 3.63) is 52.4 Å². The van der Waals surface area contributed by atoms with Crippen LogP contribution in [-0.4, -0.2) is 50.3 Å². The van der Waals surface area contributed by atoms with Crippen LogP contribution >= 0.6 is 22.9 Å². The molecular formula is C19H23ClN4O2S2. The highest BCUT2D eigenvalue weighted by atomic mass is 35.5. The molecule has 1 saturated heterocycles. The van der Waals surface area contributed by atoms with Crippen LogP contribution in [0.25, 0.3) is 0 Å². The molecule has 0 radical (unpaired) electrons. The number of thiophene rings is 1. The van der Waals surface area contributed by atoms with Crippen molar-refractivity contribution in [1.82, 2.24) is 14.9 Å². The van der Waals surface area contributed by atoms with Gasteiger partial charge in [-0.15, -0.1) is 11.3 Å². The topological polar surface area (TPSA) is 73.8 Å². The van der Waals surface area contributed by atoms with E-state index in [4.69, 9.17) is 16.6 Å². The Bertz CT molecular complexity index is 935. The molecule has 1 spiro atoms. The fraction of sp³-hybridized carbons (Fsp3) is 0.421. The Balaban J connectivity index is 1.44. The average Bonchev–Trinajstić information content (AvgIpc) is 3.25. The zero-order valence-electron chi connectivity index (χ0n) is 15.4. The Hall–Kier alpha value is -1.45. The van der Waals surface area contributed by atoms with Gasteiger partial charge in [-0.05, 0) is 42.0 Å². The molecule has 9 heteroatoms. The largest absolute Gasteiger partial charge is 0.368 e. The Morgan fingerprint density at radius 2 is 1.96 bits per heavy atom. The van der Waals surface area contributed by atoms with Crippen molar-refractivity contribution in [2.75, 3.05) is 26.2 Å². The van der Waals surface area contributed by atoms with Crippen LogP contribution in [-0.2, 0) is 16.6 Å². The zero-order valence-corrected chi connectivity index (χ0v) is 17.8. The number of rotatable bonds is 4. The number of hydrogen-bond acceptors (Lipinski definition) is 6. The third kappa shape index (κ3) is 3.97. The van der Waals surface area contributed by atoms with E-state index < -0.39 is 10.0 Å². The highest BCUT2D eigenvalue weighted by molar-refractivity contribution is 7.91. The second-order valence-electron chi connectivity index (χ2n) is 7.06. The molecule has 2 aromatic rings. The fourth-order valence-corrected chi connectivity index (χ4v) is 6.48. The highest BCUT2D eigenvalue weighted by Crippen LogP contribution is 2.30. The maximum Gasteiger partial charge on any atom is 0.252 e. The Labute approximate surface area is 174 Å². The third-order valence-electron chi connectivity index (χ3n) is 5.34. The van der Waals surface area contributed by atoms with Gasteiger partial charge in [0.25, 0.3) is 10.0 Å². The second-order valence-corrected chi connectivity index (χ2v) is 10.6. The van der Waals surface area contributed by atoms with Crippen molar-refractivity contribution >= 4 is 38.8 Å². The van der Waals surface area contributed by atoms with Crippen LogP contribution in [0.15, 0.2) is 51.0 Å². The molecule has 150 valence electrons. The average molecular weight is 439 g/mol. The number of piperidine rings is 1. The van der Waals surface area contributed by atoms with Crippen molar-refractivity contribution in [3.8, 4) is 0 Å². The molecule has 1 aromatic carbocycles. The molecule has 0 unspecified atom stereocenters. The summed E-state index contributed by atoms with van der Waals surface area (Å²) in [5.41, 5.74) is 0.845. The predicted molar refractivity (Wildman–Crippen MR) is 114 cm³/mol. The van der Waals surface area contributed by atoms with E-state index >= 15 is 0 Å². The zero-order chi connectivity index (χ0) is 19.6. The molecule has 1 fully saturated rings. The molecule has 0 bridgehead atoms. The predicted octanol–water partition coefficient (Wildman–Crippen LogP) is 2.72. The smallest absolute Gasteiger partial charge is 0.252 e. The molecule has 0 saturated carbocycles. The van der Waals surface area contributed by atoms with Crippen LogP contribution in [0.5, 0.6) is 0 Å². The number of aliphatic imine (C=N–C) groups is 1. The lowest BCUT2D eigenvalue weighted by atomic mass is 9.85. The number of amidine groups is 1. The van der Waals surface area contributed by atoms with Crippen LogP contribution in [0.4, 0.5) is 0 Å². The van der Waals surface area contributed by atoms with Crippen molar-refractivity contribution in [2.24, 2.45) is 4.99 Å². The molecule has 1 aromatic heterocycles. The summed E-state index contributed by atoms with van der Waals surface area (Å²) in [6, 6.07) is 11.2. The maximum absolute atomic E-state index is 12.8. The van der Waals surface area contributed by atoms with Gasteiger partial charge in [0, 0.05) is 31.2 Å². The summed E-state index contributed by atoms with van der Waals surface area (Å²) in [6.45, 7) is 3.16. The number of hydrogen-bond donors (Lipinski definition) is 2. The number of nitrogens with zero attached hydrogens (tertiary/aromatic N) is 2. The van der Waals surface area contributed by atoms with E-state index in [1.807, 2.05) is 24.3 Å². The van der Waals surface area contributed by atoms with Crippen LogP contribution in [0.3, 0.4) is 0 Å². The highest BCUT2D eigenvalue weighted by Gasteiger charge is 2.43. The summed E-state index contributed by atoms with van der Waals surface area (Å²) >= 11 is 7.22.